The van der Waals surface area contributed by atoms with Crippen LogP contribution in [0.5, 0.6) is 0 Å². The van der Waals surface area contributed by atoms with Crippen LogP contribution in [0.25, 0.3) is 0 Å². The van der Waals surface area contributed by atoms with E-state index in [0.717, 1.165) is 12.2 Å². The Kier molecular flexibility index (Phi) is 3.83. The van der Waals surface area contributed by atoms with Gasteiger partial charge in [0.25, 0.3) is 0 Å². The number of aromatic nitrogens is 1. The van der Waals surface area contributed by atoms with Gasteiger partial charge in [-0.05, 0) is 49.1 Å². The number of aryl methyl sites for hydroxylation is 2. The maximum absolute atomic E-state index is 4.47. The highest BCUT2D eigenvalue weighted by atomic mass is 14.9. The first kappa shape index (κ1) is 13.3. The fraction of sp³-hybridized carbons (Fsp3) is 0.389. The molecular formula is C18H22N2. The molecule has 104 valence electrons. The van der Waals surface area contributed by atoms with E-state index >= 15 is 0 Å². The number of hydrogen-bond donors (Lipinski definition) is 1. The first-order valence-corrected chi connectivity index (χ1v) is 7.53. The summed E-state index contributed by atoms with van der Waals surface area (Å²) in [4.78, 5) is 4.47. The summed E-state index contributed by atoms with van der Waals surface area (Å²) in [5.41, 5.74) is 5.41. The fourth-order valence-electron chi connectivity index (χ4n) is 3.31. The molecule has 0 fully saturated rings. The van der Waals surface area contributed by atoms with Crippen LogP contribution in [0.15, 0.2) is 42.6 Å². The van der Waals surface area contributed by atoms with Gasteiger partial charge in [-0.25, -0.2) is 0 Å². The van der Waals surface area contributed by atoms with Crippen molar-refractivity contribution in [3.05, 3.63) is 65.0 Å². The number of fused-ring (bicyclic) bond motifs is 1. The molecule has 1 aromatic heterocycles. The fourth-order valence-corrected chi connectivity index (χ4v) is 3.31. The monoisotopic (exact) mass is 266 g/mol. The second-order valence-electron chi connectivity index (χ2n) is 5.61. The van der Waals surface area contributed by atoms with Crippen LogP contribution in [-0.2, 0) is 6.42 Å². The number of nitrogens with one attached hydrogen (secondary N) is 1. The number of hydrogen-bond acceptors (Lipinski definition) is 2. The molecule has 0 aliphatic heterocycles. The third-order valence-electron chi connectivity index (χ3n) is 4.30. The van der Waals surface area contributed by atoms with Crippen molar-refractivity contribution in [2.24, 2.45) is 0 Å². The molecule has 2 heteroatoms. The Labute approximate surface area is 121 Å². The van der Waals surface area contributed by atoms with Gasteiger partial charge in [-0.15, -0.1) is 0 Å². The predicted octanol–water partition coefficient (Wildman–Crippen LogP) is 3.77. The van der Waals surface area contributed by atoms with Gasteiger partial charge in [0, 0.05) is 23.9 Å². The molecule has 1 aromatic carbocycles. The zero-order valence-corrected chi connectivity index (χ0v) is 12.3. The molecule has 1 aliphatic rings. The lowest BCUT2D eigenvalue weighted by molar-refractivity contribution is 0.452. The highest BCUT2D eigenvalue weighted by Gasteiger charge is 2.30. The van der Waals surface area contributed by atoms with E-state index in [-0.39, 0.29) is 0 Å². The van der Waals surface area contributed by atoms with Crippen LogP contribution in [-0.4, -0.2) is 11.5 Å². The van der Waals surface area contributed by atoms with Crippen LogP contribution >= 0.6 is 0 Å². The molecule has 1 N–H and O–H groups in total. The summed E-state index contributed by atoms with van der Waals surface area (Å²) in [5, 5.41) is 3.66. The Morgan fingerprint density at radius 3 is 2.85 bits per heavy atom. The molecular weight excluding hydrogens is 244 g/mol. The molecule has 20 heavy (non-hydrogen) atoms. The summed E-state index contributed by atoms with van der Waals surface area (Å²) in [6, 6.07) is 13.6. The average Bonchev–Trinajstić information content (AvgIpc) is 2.90. The van der Waals surface area contributed by atoms with Gasteiger partial charge in [-0.3, -0.25) is 4.98 Å². The van der Waals surface area contributed by atoms with Crippen LogP contribution in [0.1, 0.15) is 47.7 Å². The predicted molar refractivity (Wildman–Crippen MR) is 82.9 cm³/mol. The zero-order chi connectivity index (χ0) is 13.9. The van der Waals surface area contributed by atoms with Crippen molar-refractivity contribution in [1.82, 2.24) is 10.3 Å². The normalized spacial score (nSPS) is 18.8. The maximum atomic E-state index is 4.47. The minimum Gasteiger partial charge on any atom is -0.310 e. The first-order valence-electron chi connectivity index (χ1n) is 7.53. The van der Waals surface area contributed by atoms with E-state index in [0.29, 0.717) is 12.0 Å². The molecule has 0 saturated heterocycles. The van der Waals surface area contributed by atoms with Crippen LogP contribution in [0.2, 0.25) is 0 Å². The zero-order valence-electron chi connectivity index (χ0n) is 12.3. The smallest absolute Gasteiger partial charge is 0.0405 e. The highest BCUT2D eigenvalue weighted by molar-refractivity contribution is 5.38. The molecule has 2 nitrogen and oxygen atoms in total. The van der Waals surface area contributed by atoms with Crippen LogP contribution in [0, 0.1) is 6.92 Å². The highest BCUT2D eigenvalue weighted by Crippen LogP contribution is 2.41. The molecule has 3 rings (SSSR count). The van der Waals surface area contributed by atoms with Gasteiger partial charge in [0.2, 0.25) is 0 Å². The Morgan fingerprint density at radius 2 is 2.10 bits per heavy atom. The van der Waals surface area contributed by atoms with Crippen LogP contribution in [0.4, 0.5) is 0 Å². The van der Waals surface area contributed by atoms with Crippen LogP contribution in [0.3, 0.4) is 0 Å². The van der Waals surface area contributed by atoms with E-state index < -0.39 is 0 Å². The number of pyridine rings is 1. The van der Waals surface area contributed by atoms with E-state index in [1.807, 2.05) is 13.1 Å². The summed E-state index contributed by atoms with van der Waals surface area (Å²) in [7, 11) is 0. The number of benzene rings is 1. The molecule has 1 heterocycles. The minimum absolute atomic E-state index is 0.372. The lowest BCUT2D eigenvalue weighted by Gasteiger charge is -2.25. The van der Waals surface area contributed by atoms with Gasteiger partial charge in [0.1, 0.15) is 0 Å². The molecule has 0 saturated carbocycles. The van der Waals surface area contributed by atoms with Gasteiger partial charge >= 0.3 is 0 Å². The summed E-state index contributed by atoms with van der Waals surface area (Å²) in [5.74, 6) is 0.565. The third kappa shape index (κ3) is 2.48. The molecule has 0 spiro atoms. The van der Waals surface area contributed by atoms with Crippen molar-refractivity contribution in [3.63, 3.8) is 0 Å². The van der Waals surface area contributed by atoms with Gasteiger partial charge in [0.15, 0.2) is 0 Å². The summed E-state index contributed by atoms with van der Waals surface area (Å²) in [6.07, 6.45) is 4.45. The van der Waals surface area contributed by atoms with Gasteiger partial charge < -0.3 is 5.32 Å². The SMILES string of the molecule is CCNC(c1ccc(C)nc1)C1CCc2ccccc21. The van der Waals surface area contributed by atoms with E-state index in [9.17, 15) is 0 Å². The van der Waals surface area contributed by atoms with Crippen molar-refractivity contribution in [3.8, 4) is 0 Å². The maximum Gasteiger partial charge on any atom is 0.0405 e. The van der Waals surface area contributed by atoms with E-state index in [1.54, 1.807) is 0 Å². The van der Waals surface area contributed by atoms with Crippen molar-refractivity contribution < 1.29 is 0 Å². The standard InChI is InChI=1S/C18H22N2/c1-3-19-18(15-9-8-13(2)20-12-15)17-11-10-14-6-4-5-7-16(14)17/h4-9,12,17-19H,3,10-11H2,1-2H3. The Morgan fingerprint density at radius 1 is 1.25 bits per heavy atom. The quantitative estimate of drug-likeness (QED) is 0.911. The lowest BCUT2D eigenvalue weighted by Crippen LogP contribution is -2.26. The van der Waals surface area contributed by atoms with Crippen molar-refractivity contribution in [2.75, 3.05) is 6.54 Å². The molecule has 2 aromatic rings. The Bertz CT molecular complexity index is 574. The molecule has 2 unspecified atom stereocenters. The number of likely N-dealkylation sites (N-methyl/N-ethyl adjacent to an activating group) is 1. The van der Waals surface area contributed by atoms with Crippen molar-refractivity contribution in [2.45, 2.75) is 38.6 Å². The molecule has 0 bridgehead atoms. The topological polar surface area (TPSA) is 24.9 Å². The Hall–Kier alpha value is -1.67. The summed E-state index contributed by atoms with van der Waals surface area (Å²) >= 11 is 0. The number of nitrogens with zero attached hydrogens (tertiary/aromatic N) is 1. The second kappa shape index (κ2) is 5.76. The Balaban J connectivity index is 1.94. The minimum atomic E-state index is 0.372. The van der Waals surface area contributed by atoms with Crippen molar-refractivity contribution >= 4 is 0 Å². The first-order chi connectivity index (χ1) is 9.79. The van der Waals surface area contributed by atoms with E-state index in [2.05, 4.69) is 53.6 Å². The summed E-state index contributed by atoms with van der Waals surface area (Å²) < 4.78 is 0. The van der Waals surface area contributed by atoms with E-state index in [1.165, 1.54) is 29.5 Å². The average molecular weight is 266 g/mol. The third-order valence-corrected chi connectivity index (χ3v) is 4.30. The van der Waals surface area contributed by atoms with Crippen molar-refractivity contribution in [1.29, 1.82) is 0 Å². The van der Waals surface area contributed by atoms with Gasteiger partial charge in [-0.2, -0.15) is 0 Å². The number of rotatable bonds is 4. The molecule has 1 aliphatic carbocycles. The lowest BCUT2D eigenvalue weighted by atomic mass is 9.89. The molecule has 0 radical (unpaired) electrons. The molecule has 2 atom stereocenters. The molecule has 0 amide bonds. The summed E-state index contributed by atoms with van der Waals surface area (Å²) in [6.45, 7) is 5.20. The van der Waals surface area contributed by atoms with Gasteiger partial charge in [-0.1, -0.05) is 37.3 Å². The van der Waals surface area contributed by atoms with Gasteiger partial charge in [0.05, 0.1) is 0 Å². The van der Waals surface area contributed by atoms with E-state index in [4.69, 9.17) is 0 Å². The van der Waals surface area contributed by atoms with Crippen LogP contribution < -0.4 is 5.32 Å². The largest absolute Gasteiger partial charge is 0.310 e. The second-order valence-corrected chi connectivity index (χ2v) is 5.61.